The number of nitrogens with zero attached hydrogens (tertiary/aromatic N) is 2. The van der Waals surface area contributed by atoms with Gasteiger partial charge in [-0.25, -0.2) is 0 Å². The topological polar surface area (TPSA) is 24.7 Å². The molecule has 0 radical (unpaired) electrons. The van der Waals surface area contributed by atoms with Crippen molar-refractivity contribution in [1.29, 1.82) is 0 Å². The molecule has 1 aliphatic carbocycles. The van der Waals surface area contributed by atoms with Crippen LogP contribution in [0.4, 0.5) is 11.4 Å². The Morgan fingerprint density at radius 1 is 0.571 bits per heavy atom. The SMILES string of the molecule is Cc1ccc2c(c1)C(c1ccc(N=CCCC=Nc3ccccc3)cc1)(c1ccc(C(C)(C)C)cc1)c1ccccc1-2. The van der Waals surface area contributed by atoms with Gasteiger partial charge in [-0.2, -0.15) is 0 Å². The van der Waals surface area contributed by atoms with Gasteiger partial charge in [0.05, 0.1) is 16.8 Å². The second kappa shape index (κ2) is 11.4. The summed E-state index contributed by atoms with van der Waals surface area (Å²) in [7, 11) is 0. The van der Waals surface area contributed by atoms with E-state index in [0.717, 1.165) is 24.2 Å². The Hall–Kier alpha value is -4.56. The van der Waals surface area contributed by atoms with Crippen LogP contribution in [0.25, 0.3) is 11.1 Å². The Morgan fingerprint density at radius 2 is 1.12 bits per heavy atom. The first-order valence-electron chi connectivity index (χ1n) is 14.9. The summed E-state index contributed by atoms with van der Waals surface area (Å²) in [4.78, 5) is 9.29. The van der Waals surface area contributed by atoms with Crippen LogP contribution in [0.3, 0.4) is 0 Å². The molecule has 208 valence electrons. The Labute approximate surface area is 250 Å². The number of fused-ring (bicyclic) bond motifs is 3. The van der Waals surface area contributed by atoms with Gasteiger partial charge in [0.1, 0.15) is 0 Å². The molecule has 1 atom stereocenters. The fraction of sp³-hybridized carbons (Fsp3) is 0.200. The maximum absolute atomic E-state index is 4.77. The molecule has 0 amide bonds. The van der Waals surface area contributed by atoms with E-state index in [-0.39, 0.29) is 5.41 Å². The molecule has 1 unspecified atom stereocenters. The maximum Gasteiger partial charge on any atom is 0.0713 e. The number of aliphatic imine (C=N–C) groups is 2. The van der Waals surface area contributed by atoms with Crippen LogP contribution in [-0.2, 0) is 10.8 Å². The molecule has 5 aromatic rings. The van der Waals surface area contributed by atoms with Gasteiger partial charge in [0, 0.05) is 12.4 Å². The smallest absolute Gasteiger partial charge is 0.0713 e. The van der Waals surface area contributed by atoms with Crippen molar-refractivity contribution in [2.75, 3.05) is 0 Å². The summed E-state index contributed by atoms with van der Waals surface area (Å²) in [6, 6.07) is 44.1. The molecular weight excluding hydrogens is 508 g/mol. The van der Waals surface area contributed by atoms with Gasteiger partial charge in [-0.15, -0.1) is 0 Å². The van der Waals surface area contributed by atoms with Crippen LogP contribution in [0.1, 0.15) is 67.0 Å². The van der Waals surface area contributed by atoms with Gasteiger partial charge in [0.2, 0.25) is 0 Å². The molecule has 2 heteroatoms. The van der Waals surface area contributed by atoms with Crippen LogP contribution >= 0.6 is 0 Å². The largest absolute Gasteiger partial charge is 0.261 e. The lowest BCUT2D eigenvalue weighted by Crippen LogP contribution is -2.28. The molecule has 5 aromatic carbocycles. The minimum absolute atomic E-state index is 0.0980. The highest BCUT2D eigenvalue weighted by Crippen LogP contribution is 2.56. The minimum atomic E-state index is -0.398. The van der Waals surface area contributed by atoms with Crippen LogP contribution in [0, 0.1) is 6.92 Å². The third kappa shape index (κ3) is 5.14. The molecule has 0 aromatic heterocycles. The monoisotopic (exact) mass is 546 g/mol. The summed E-state index contributed by atoms with van der Waals surface area (Å²) in [6.45, 7) is 9.02. The summed E-state index contributed by atoms with van der Waals surface area (Å²) in [5, 5.41) is 0. The quantitative estimate of drug-likeness (QED) is 0.141. The van der Waals surface area contributed by atoms with E-state index in [9.17, 15) is 0 Å². The number of unbranched alkanes of at least 4 members (excludes halogenated alkanes) is 1. The average molecular weight is 547 g/mol. The number of hydrogen-bond acceptors (Lipinski definition) is 2. The standard InChI is InChI=1S/C40H38N2/c1-29-16-25-36-35-14-8-9-15-37(35)40(38(36)28-29,31-19-17-30(18-20-31)39(2,3)4)32-21-23-34(24-22-32)42-27-11-10-26-41-33-12-6-5-7-13-33/h5-9,12-28H,10-11H2,1-4H3. The van der Waals surface area contributed by atoms with Gasteiger partial charge >= 0.3 is 0 Å². The fourth-order valence-corrected chi connectivity index (χ4v) is 6.20. The third-order valence-corrected chi connectivity index (χ3v) is 8.35. The predicted octanol–water partition coefficient (Wildman–Crippen LogP) is 10.5. The number of benzene rings is 5. The van der Waals surface area contributed by atoms with E-state index in [1.807, 2.05) is 42.8 Å². The van der Waals surface area contributed by atoms with Crippen LogP contribution in [0.15, 0.2) is 131 Å². The minimum Gasteiger partial charge on any atom is -0.261 e. The molecule has 0 heterocycles. The van der Waals surface area contributed by atoms with Crippen LogP contribution in [0.5, 0.6) is 0 Å². The van der Waals surface area contributed by atoms with Crippen molar-refractivity contribution < 1.29 is 0 Å². The first-order chi connectivity index (χ1) is 20.4. The molecule has 2 nitrogen and oxygen atoms in total. The Balaban J connectivity index is 1.37. The molecule has 42 heavy (non-hydrogen) atoms. The maximum atomic E-state index is 4.77. The summed E-state index contributed by atoms with van der Waals surface area (Å²) in [6.07, 6.45) is 5.67. The molecule has 0 aliphatic heterocycles. The molecular formula is C40H38N2. The average Bonchev–Trinajstić information content (AvgIpc) is 3.29. The molecule has 1 aliphatic rings. The van der Waals surface area contributed by atoms with E-state index in [1.165, 1.54) is 44.5 Å². The molecule has 0 bridgehead atoms. The zero-order valence-corrected chi connectivity index (χ0v) is 25.0. The van der Waals surface area contributed by atoms with E-state index >= 15 is 0 Å². The van der Waals surface area contributed by atoms with Gasteiger partial charge in [-0.3, -0.25) is 9.98 Å². The lowest BCUT2D eigenvalue weighted by atomic mass is 9.67. The molecule has 0 saturated carbocycles. The first-order valence-corrected chi connectivity index (χ1v) is 14.9. The lowest BCUT2D eigenvalue weighted by molar-refractivity contribution is 0.589. The molecule has 0 N–H and O–H groups in total. The summed E-state index contributed by atoms with van der Waals surface area (Å²) >= 11 is 0. The molecule has 0 spiro atoms. The molecule has 0 fully saturated rings. The van der Waals surface area contributed by atoms with Crippen molar-refractivity contribution in [1.82, 2.24) is 0 Å². The molecule has 0 saturated heterocycles. The fourth-order valence-electron chi connectivity index (χ4n) is 6.20. The highest BCUT2D eigenvalue weighted by atomic mass is 14.7. The van der Waals surface area contributed by atoms with E-state index in [2.05, 4.69) is 124 Å². The van der Waals surface area contributed by atoms with Crippen molar-refractivity contribution in [2.45, 2.75) is 51.4 Å². The van der Waals surface area contributed by atoms with Crippen molar-refractivity contribution in [3.05, 3.63) is 155 Å². The molecule has 6 rings (SSSR count). The van der Waals surface area contributed by atoms with Gasteiger partial charge in [0.15, 0.2) is 0 Å². The van der Waals surface area contributed by atoms with E-state index < -0.39 is 5.41 Å². The second-order valence-electron chi connectivity index (χ2n) is 12.3. The highest BCUT2D eigenvalue weighted by Gasteiger charge is 2.46. The summed E-state index contributed by atoms with van der Waals surface area (Å²) < 4.78 is 0. The first kappa shape index (κ1) is 27.6. The zero-order chi connectivity index (χ0) is 29.2. The predicted molar refractivity (Wildman–Crippen MR) is 179 cm³/mol. The van der Waals surface area contributed by atoms with Crippen molar-refractivity contribution >= 4 is 23.8 Å². The lowest BCUT2D eigenvalue weighted by Gasteiger charge is -2.34. The van der Waals surface area contributed by atoms with Crippen LogP contribution in [-0.4, -0.2) is 12.4 Å². The van der Waals surface area contributed by atoms with Gasteiger partial charge < -0.3 is 0 Å². The van der Waals surface area contributed by atoms with E-state index in [1.54, 1.807) is 0 Å². The Bertz CT molecular complexity index is 1740. The van der Waals surface area contributed by atoms with Crippen LogP contribution in [0.2, 0.25) is 0 Å². The normalized spacial score (nSPS) is 16.2. The zero-order valence-electron chi connectivity index (χ0n) is 25.0. The van der Waals surface area contributed by atoms with Gasteiger partial charge in [0.25, 0.3) is 0 Å². The van der Waals surface area contributed by atoms with Crippen molar-refractivity contribution in [3.8, 4) is 11.1 Å². The van der Waals surface area contributed by atoms with Crippen LogP contribution < -0.4 is 0 Å². The second-order valence-corrected chi connectivity index (χ2v) is 12.3. The number of aryl methyl sites for hydroxylation is 1. The van der Waals surface area contributed by atoms with Crippen molar-refractivity contribution in [3.63, 3.8) is 0 Å². The third-order valence-electron chi connectivity index (χ3n) is 8.35. The highest BCUT2D eigenvalue weighted by molar-refractivity contribution is 5.86. The number of rotatable bonds is 7. The number of hydrogen-bond donors (Lipinski definition) is 0. The summed E-state index contributed by atoms with van der Waals surface area (Å²) in [5.74, 6) is 0. The summed E-state index contributed by atoms with van der Waals surface area (Å²) in [5.41, 5.74) is 12.1. The van der Waals surface area contributed by atoms with Crippen molar-refractivity contribution in [2.24, 2.45) is 9.98 Å². The Morgan fingerprint density at radius 3 is 1.76 bits per heavy atom. The Kier molecular flexibility index (Phi) is 7.47. The van der Waals surface area contributed by atoms with Gasteiger partial charge in [-0.1, -0.05) is 123 Å². The van der Waals surface area contributed by atoms with E-state index in [0.29, 0.717) is 0 Å². The van der Waals surface area contributed by atoms with Gasteiger partial charge in [-0.05, 0) is 88.4 Å². The number of para-hydroxylation sites is 1. The van der Waals surface area contributed by atoms with E-state index in [4.69, 9.17) is 4.99 Å².